The van der Waals surface area contributed by atoms with Gasteiger partial charge in [0.25, 0.3) is 5.91 Å². The Morgan fingerprint density at radius 1 is 1.16 bits per heavy atom. The number of ether oxygens (including phenoxy) is 2. The van der Waals surface area contributed by atoms with Gasteiger partial charge in [-0.2, -0.15) is 5.26 Å². The molecule has 0 unspecified atom stereocenters. The number of para-hydroxylation sites is 1. The summed E-state index contributed by atoms with van der Waals surface area (Å²) in [5, 5.41) is 16.1. The molecule has 0 spiro atoms. The Bertz CT molecular complexity index is 1720. The summed E-state index contributed by atoms with van der Waals surface area (Å²) in [4.78, 5) is 23.3. The highest BCUT2D eigenvalue weighted by atomic mass is 32.1. The lowest BCUT2D eigenvalue weighted by molar-refractivity contribution is 0.102. The Labute approximate surface area is 226 Å². The van der Waals surface area contributed by atoms with Crippen molar-refractivity contribution in [2.45, 2.75) is 6.92 Å². The minimum Gasteiger partial charge on any atom is -0.493 e. The number of anilines is 1. The first-order chi connectivity index (χ1) is 18.5. The fourth-order valence-electron chi connectivity index (χ4n) is 3.76. The van der Waals surface area contributed by atoms with E-state index in [0.717, 1.165) is 11.1 Å². The van der Waals surface area contributed by atoms with Gasteiger partial charge in [-0.25, -0.2) is 9.97 Å². The van der Waals surface area contributed by atoms with Crippen LogP contribution in [0.5, 0.6) is 11.5 Å². The number of methoxy groups -OCH3 is 1. The number of amides is 1. The van der Waals surface area contributed by atoms with Crippen LogP contribution < -0.4 is 14.8 Å². The summed E-state index contributed by atoms with van der Waals surface area (Å²) >= 11 is 2.76. The van der Waals surface area contributed by atoms with Crippen LogP contribution in [0.3, 0.4) is 0 Å². The van der Waals surface area contributed by atoms with Gasteiger partial charge in [0.15, 0.2) is 21.6 Å². The number of aromatic nitrogens is 3. The molecule has 5 aromatic rings. The average molecular weight is 540 g/mol. The van der Waals surface area contributed by atoms with Gasteiger partial charge in [0.2, 0.25) is 0 Å². The van der Waals surface area contributed by atoms with E-state index in [1.54, 1.807) is 42.7 Å². The molecule has 38 heavy (non-hydrogen) atoms. The number of nitrogens with zero attached hydrogens (tertiary/aromatic N) is 4. The molecule has 0 bridgehead atoms. The van der Waals surface area contributed by atoms with Gasteiger partial charge in [0.05, 0.1) is 35.9 Å². The number of fused-ring (bicyclic) bond motifs is 1. The van der Waals surface area contributed by atoms with Crippen molar-refractivity contribution in [1.29, 1.82) is 5.26 Å². The van der Waals surface area contributed by atoms with Gasteiger partial charge >= 0.3 is 0 Å². The van der Waals surface area contributed by atoms with E-state index in [2.05, 4.69) is 27.9 Å². The number of benzene rings is 2. The first-order valence-electron chi connectivity index (χ1n) is 11.4. The van der Waals surface area contributed by atoms with Crippen molar-refractivity contribution in [3.63, 3.8) is 0 Å². The summed E-state index contributed by atoms with van der Waals surface area (Å²) in [7, 11) is 1.57. The van der Waals surface area contributed by atoms with Crippen molar-refractivity contribution < 1.29 is 14.3 Å². The fraction of sp³-hybridized carbons (Fsp3) is 0.0714. The second kappa shape index (κ2) is 10.7. The smallest absolute Gasteiger partial charge is 0.276 e. The number of imidazole rings is 1. The summed E-state index contributed by atoms with van der Waals surface area (Å²) in [6.45, 7) is 5.59. The van der Waals surface area contributed by atoms with Crippen LogP contribution in [0.4, 0.5) is 5.13 Å². The van der Waals surface area contributed by atoms with Crippen LogP contribution in [0.15, 0.2) is 71.8 Å². The molecule has 188 valence electrons. The minimum absolute atomic E-state index is 0.333. The van der Waals surface area contributed by atoms with Crippen molar-refractivity contribution in [3.05, 3.63) is 94.3 Å². The fourth-order valence-corrected chi connectivity index (χ4v) is 5.19. The number of nitrogens with one attached hydrogen (secondary N) is 1. The first-order valence-corrected chi connectivity index (χ1v) is 13.1. The van der Waals surface area contributed by atoms with Crippen LogP contribution in [0, 0.1) is 11.3 Å². The van der Waals surface area contributed by atoms with Crippen LogP contribution in [-0.2, 0) is 0 Å². The molecular weight excluding hydrogens is 518 g/mol. The van der Waals surface area contributed by atoms with E-state index < -0.39 is 0 Å². The molecule has 8 nitrogen and oxygen atoms in total. The molecule has 0 saturated carbocycles. The Kier molecular flexibility index (Phi) is 7.04. The Balaban J connectivity index is 1.44. The number of carbonyl (C=O) groups is 1. The maximum atomic E-state index is 13.4. The van der Waals surface area contributed by atoms with E-state index in [4.69, 9.17) is 14.7 Å². The number of allylic oxidation sites excluding steroid dienone is 1. The molecular formula is C28H21N5O3S2. The van der Waals surface area contributed by atoms with Crippen LogP contribution >= 0.6 is 22.7 Å². The first kappa shape index (κ1) is 25.0. The highest BCUT2D eigenvalue weighted by Crippen LogP contribution is 2.34. The van der Waals surface area contributed by atoms with Crippen molar-refractivity contribution in [2.24, 2.45) is 0 Å². The van der Waals surface area contributed by atoms with E-state index in [1.165, 1.54) is 22.7 Å². The zero-order chi connectivity index (χ0) is 26.6. The Hall–Kier alpha value is -4.72. The van der Waals surface area contributed by atoms with Gasteiger partial charge in [-0.3, -0.25) is 14.5 Å². The summed E-state index contributed by atoms with van der Waals surface area (Å²) in [6.07, 6.45) is 5.42. The van der Waals surface area contributed by atoms with Gasteiger partial charge in [0, 0.05) is 28.1 Å². The predicted molar refractivity (Wildman–Crippen MR) is 151 cm³/mol. The molecule has 5 rings (SSSR count). The lowest BCUT2D eigenvalue weighted by Crippen LogP contribution is -2.15. The van der Waals surface area contributed by atoms with Gasteiger partial charge in [-0.15, -0.1) is 22.7 Å². The molecule has 0 atom stereocenters. The Morgan fingerprint density at radius 3 is 2.71 bits per heavy atom. The highest BCUT2D eigenvalue weighted by Gasteiger charge is 2.20. The highest BCUT2D eigenvalue weighted by molar-refractivity contribution is 7.15. The van der Waals surface area contributed by atoms with Gasteiger partial charge in [-0.05, 0) is 37.3 Å². The molecule has 0 aliphatic carbocycles. The number of thiazole rings is 2. The maximum Gasteiger partial charge on any atom is 0.276 e. The van der Waals surface area contributed by atoms with Crippen LogP contribution in [0.1, 0.15) is 34.2 Å². The van der Waals surface area contributed by atoms with Crippen molar-refractivity contribution >= 4 is 50.8 Å². The second-order valence-corrected chi connectivity index (χ2v) is 9.83. The second-order valence-electron chi connectivity index (χ2n) is 8.10. The van der Waals surface area contributed by atoms with Gasteiger partial charge < -0.3 is 9.47 Å². The van der Waals surface area contributed by atoms with E-state index in [1.807, 2.05) is 47.3 Å². The average Bonchev–Trinajstić information content (AvgIpc) is 3.64. The molecule has 0 saturated heterocycles. The van der Waals surface area contributed by atoms with E-state index in [9.17, 15) is 4.79 Å². The molecule has 0 radical (unpaired) electrons. The summed E-state index contributed by atoms with van der Waals surface area (Å²) in [5.41, 5.74) is 3.79. The van der Waals surface area contributed by atoms with Crippen LogP contribution in [0.2, 0.25) is 0 Å². The third-order valence-electron chi connectivity index (χ3n) is 5.46. The molecule has 0 fully saturated rings. The summed E-state index contributed by atoms with van der Waals surface area (Å²) < 4.78 is 13.0. The number of nitriles is 1. The molecule has 3 heterocycles. The number of rotatable bonds is 8. The van der Waals surface area contributed by atoms with E-state index in [-0.39, 0.29) is 5.91 Å². The molecule has 0 aliphatic rings. The van der Waals surface area contributed by atoms with E-state index >= 15 is 0 Å². The monoisotopic (exact) mass is 539 g/mol. The zero-order valence-corrected chi connectivity index (χ0v) is 22.1. The number of hydrogen-bond donors (Lipinski definition) is 1. The molecule has 1 N–H and O–H groups in total. The van der Waals surface area contributed by atoms with Gasteiger partial charge in [0.1, 0.15) is 5.69 Å². The third kappa shape index (κ3) is 5.06. The molecule has 2 aromatic carbocycles. The normalized spacial score (nSPS) is 11.0. The lowest BCUT2D eigenvalue weighted by Gasteiger charge is -2.12. The van der Waals surface area contributed by atoms with Crippen molar-refractivity contribution in [1.82, 2.24) is 14.4 Å². The quantitative estimate of drug-likeness (QED) is 0.219. The summed E-state index contributed by atoms with van der Waals surface area (Å²) in [6, 6.07) is 14.8. The van der Waals surface area contributed by atoms with Crippen molar-refractivity contribution in [2.75, 3.05) is 12.4 Å². The molecule has 0 aliphatic heterocycles. The Morgan fingerprint density at radius 2 is 1.97 bits per heavy atom. The topological polar surface area (TPSA) is 102 Å². The zero-order valence-electron chi connectivity index (χ0n) is 20.5. The molecule has 3 aromatic heterocycles. The molecule has 10 heteroatoms. The standard InChI is InChI=1S/C28H21N5O3S2/c1-17(2)36-25-20(5-4-6-23(25)35-3)11-12-21-24(33-13-14-37-28(33)31-21)26(34)32-27-30-22(16-38-27)19-9-7-18(15-29)8-10-19/h4-14,16H,1H2,2-3H3,(H,30,32,34)/b12-11+. The SMILES string of the molecule is C=C(C)Oc1c(/C=C/c2nc3sccn3c2C(=O)Nc2nc(-c3ccc(C#N)cc3)cs2)cccc1OC. The predicted octanol–water partition coefficient (Wildman–Crippen LogP) is 6.73. The number of carbonyl (C=O) groups excluding carboxylic acids is 1. The lowest BCUT2D eigenvalue weighted by atomic mass is 10.1. The van der Waals surface area contributed by atoms with E-state index in [0.29, 0.717) is 50.0 Å². The maximum absolute atomic E-state index is 13.4. The van der Waals surface area contributed by atoms with Crippen LogP contribution in [0.25, 0.3) is 28.4 Å². The van der Waals surface area contributed by atoms with Crippen molar-refractivity contribution in [3.8, 4) is 28.8 Å². The van der Waals surface area contributed by atoms with Crippen LogP contribution in [-0.4, -0.2) is 27.4 Å². The number of hydrogen-bond acceptors (Lipinski definition) is 8. The minimum atomic E-state index is -0.333. The van der Waals surface area contributed by atoms with Gasteiger partial charge in [-0.1, -0.05) is 30.8 Å². The summed E-state index contributed by atoms with van der Waals surface area (Å²) in [5.74, 6) is 1.29. The molecule has 1 amide bonds. The largest absolute Gasteiger partial charge is 0.493 e. The third-order valence-corrected chi connectivity index (χ3v) is 6.98.